The van der Waals surface area contributed by atoms with Gasteiger partial charge in [-0.2, -0.15) is 0 Å². The lowest BCUT2D eigenvalue weighted by atomic mass is 10.1. The SMILES string of the molecule is COc1ccc(Br)c2c1/C(=N\OC(=O)c1ccc(F)cc1)CC2. The summed E-state index contributed by atoms with van der Waals surface area (Å²) in [6, 6.07) is 8.88. The van der Waals surface area contributed by atoms with E-state index in [1.165, 1.54) is 24.3 Å². The summed E-state index contributed by atoms with van der Waals surface area (Å²) in [5.41, 5.74) is 2.85. The maximum Gasteiger partial charge on any atom is 0.365 e. The van der Waals surface area contributed by atoms with E-state index >= 15 is 0 Å². The Kier molecular flexibility index (Phi) is 4.43. The van der Waals surface area contributed by atoms with E-state index in [1.54, 1.807) is 7.11 Å². The van der Waals surface area contributed by atoms with Gasteiger partial charge in [0.15, 0.2) is 0 Å². The molecule has 6 heteroatoms. The van der Waals surface area contributed by atoms with E-state index in [2.05, 4.69) is 21.1 Å². The third-order valence-electron chi connectivity index (χ3n) is 3.66. The van der Waals surface area contributed by atoms with Gasteiger partial charge in [-0.1, -0.05) is 21.1 Å². The van der Waals surface area contributed by atoms with E-state index in [0.717, 1.165) is 22.0 Å². The first kappa shape index (κ1) is 15.7. The summed E-state index contributed by atoms with van der Waals surface area (Å²) >= 11 is 3.51. The molecule has 3 rings (SSSR count). The Labute approximate surface area is 141 Å². The van der Waals surface area contributed by atoms with Crippen LogP contribution in [0.4, 0.5) is 4.39 Å². The number of methoxy groups -OCH3 is 1. The zero-order valence-corrected chi connectivity index (χ0v) is 13.9. The van der Waals surface area contributed by atoms with Crippen molar-refractivity contribution >= 4 is 27.6 Å². The molecule has 0 atom stereocenters. The second-order valence-electron chi connectivity index (χ2n) is 5.03. The van der Waals surface area contributed by atoms with E-state index in [4.69, 9.17) is 9.57 Å². The maximum absolute atomic E-state index is 12.9. The van der Waals surface area contributed by atoms with E-state index in [1.807, 2.05) is 12.1 Å². The smallest absolute Gasteiger partial charge is 0.365 e. The Balaban J connectivity index is 1.85. The quantitative estimate of drug-likeness (QED) is 0.597. The number of ether oxygens (including phenoxy) is 1. The Hall–Kier alpha value is -2.21. The van der Waals surface area contributed by atoms with E-state index in [9.17, 15) is 9.18 Å². The lowest BCUT2D eigenvalue weighted by Gasteiger charge is -2.09. The molecule has 4 nitrogen and oxygen atoms in total. The van der Waals surface area contributed by atoms with Crippen molar-refractivity contribution < 1.29 is 18.8 Å². The summed E-state index contributed by atoms with van der Waals surface area (Å²) in [7, 11) is 1.59. The summed E-state index contributed by atoms with van der Waals surface area (Å²) in [5.74, 6) is -0.343. The molecule has 0 unspecified atom stereocenters. The van der Waals surface area contributed by atoms with Crippen molar-refractivity contribution in [2.24, 2.45) is 5.16 Å². The normalized spacial score (nSPS) is 14.7. The van der Waals surface area contributed by atoms with Crippen molar-refractivity contribution in [2.45, 2.75) is 12.8 Å². The van der Waals surface area contributed by atoms with Gasteiger partial charge >= 0.3 is 5.97 Å². The van der Waals surface area contributed by atoms with Crippen LogP contribution in [0, 0.1) is 5.82 Å². The van der Waals surface area contributed by atoms with Gasteiger partial charge in [-0.3, -0.25) is 0 Å². The number of carbonyl (C=O) groups is 1. The molecule has 0 N–H and O–H groups in total. The molecule has 1 aliphatic carbocycles. The van der Waals surface area contributed by atoms with Gasteiger partial charge in [0.1, 0.15) is 11.6 Å². The molecular formula is C17H13BrFNO3. The highest BCUT2D eigenvalue weighted by molar-refractivity contribution is 9.10. The van der Waals surface area contributed by atoms with Crippen LogP contribution in [0.15, 0.2) is 46.0 Å². The molecule has 0 bridgehead atoms. The van der Waals surface area contributed by atoms with Crippen molar-refractivity contribution in [1.29, 1.82) is 0 Å². The highest BCUT2D eigenvalue weighted by atomic mass is 79.9. The Bertz CT molecular complexity index is 787. The molecule has 0 amide bonds. The average molecular weight is 378 g/mol. The predicted molar refractivity (Wildman–Crippen MR) is 87.4 cm³/mol. The Morgan fingerprint density at radius 1 is 1.17 bits per heavy atom. The minimum atomic E-state index is -0.625. The van der Waals surface area contributed by atoms with Crippen molar-refractivity contribution in [3.63, 3.8) is 0 Å². The fraction of sp³-hybridized carbons (Fsp3) is 0.176. The second-order valence-corrected chi connectivity index (χ2v) is 5.88. The molecule has 118 valence electrons. The summed E-state index contributed by atoms with van der Waals surface area (Å²) in [4.78, 5) is 17.0. The van der Waals surface area contributed by atoms with Crippen LogP contribution in [0.1, 0.15) is 27.9 Å². The fourth-order valence-corrected chi connectivity index (χ4v) is 3.06. The summed E-state index contributed by atoms with van der Waals surface area (Å²) in [6.45, 7) is 0. The zero-order valence-electron chi connectivity index (χ0n) is 12.3. The Morgan fingerprint density at radius 2 is 1.91 bits per heavy atom. The van der Waals surface area contributed by atoms with Crippen LogP contribution < -0.4 is 4.74 Å². The van der Waals surface area contributed by atoms with Gasteiger partial charge in [-0.15, -0.1) is 0 Å². The number of hydrogen-bond donors (Lipinski definition) is 0. The third-order valence-corrected chi connectivity index (χ3v) is 4.40. The average Bonchev–Trinajstić information content (AvgIpc) is 2.99. The number of benzene rings is 2. The van der Waals surface area contributed by atoms with Crippen LogP contribution >= 0.6 is 15.9 Å². The molecule has 0 fully saturated rings. The first-order valence-electron chi connectivity index (χ1n) is 6.99. The van der Waals surface area contributed by atoms with E-state index in [-0.39, 0.29) is 5.56 Å². The van der Waals surface area contributed by atoms with Crippen LogP contribution in [0.2, 0.25) is 0 Å². The van der Waals surface area contributed by atoms with Gasteiger partial charge in [0, 0.05) is 10.0 Å². The second kappa shape index (κ2) is 6.50. The molecular weight excluding hydrogens is 365 g/mol. The van der Waals surface area contributed by atoms with Gasteiger partial charge in [0.25, 0.3) is 0 Å². The number of carbonyl (C=O) groups excluding carboxylic acids is 1. The molecule has 2 aromatic rings. The molecule has 23 heavy (non-hydrogen) atoms. The number of halogens is 2. The highest BCUT2D eigenvalue weighted by Crippen LogP contribution is 2.36. The summed E-state index contributed by atoms with van der Waals surface area (Å²) in [5, 5.41) is 3.99. The Morgan fingerprint density at radius 3 is 2.61 bits per heavy atom. The molecule has 0 radical (unpaired) electrons. The summed E-state index contributed by atoms with van der Waals surface area (Å²) in [6.07, 6.45) is 1.45. The van der Waals surface area contributed by atoms with E-state index < -0.39 is 11.8 Å². The topological polar surface area (TPSA) is 47.9 Å². The number of hydrogen-bond acceptors (Lipinski definition) is 4. The monoisotopic (exact) mass is 377 g/mol. The van der Waals surface area contributed by atoms with Gasteiger partial charge in [0.2, 0.25) is 0 Å². The molecule has 1 aliphatic rings. The minimum Gasteiger partial charge on any atom is -0.496 e. The van der Waals surface area contributed by atoms with Crippen LogP contribution in [0.3, 0.4) is 0 Å². The largest absolute Gasteiger partial charge is 0.496 e. The first-order valence-corrected chi connectivity index (χ1v) is 7.79. The number of rotatable bonds is 3. The van der Waals surface area contributed by atoms with Gasteiger partial charge in [0.05, 0.1) is 18.4 Å². The van der Waals surface area contributed by atoms with E-state index in [0.29, 0.717) is 17.9 Å². The first-order chi connectivity index (χ1) is 11.1. The van der Waals surface area contributed by atoms with Crippen molar-refractivity contribution in [1.82, 2.24) is 0 Å². The number of nitrogens with zero attached hydrogens (tertiary/aromatic N) is 1. The van der Waals surface area contributed by atoms with Gasteiger partial charge < -0.3 is 9.57 Å². The predicted octanol–water partition coefficient (Wildman–Crippen LogP) is 4.10. The van der Waals surface area contributed by atoms with Crippen LogP contribution in [0.25, 0.3) is 0 Å². The molecule has 0 saturated heterocycles. The minimum absolute atomic E-state index is 0.246. The van der Waals surface area contributed by atoms with Crippen molar-refractivity contribution in [2.75, 3.05) is 7.11 Å². The summed E-state index contributed by atoms with van der Waals surface area (Å²) < 4.78 is 19.2. The van der Waals surface area contributed by atoms with Crippen LogP contribution in [0.5, 0.6) is 5.75 Å². The lowest BCUT2D eigenvalue weighted by molar-refractivity contribution is 0.0516. The van der Waals surface area contributed by atoms with Crippen LogP contribution in [-0.4, -0.2) is 18.8 Å². The van der Waals surface area contributed by atoms with Crippen LogP contribution in [-0.2, 0) is 11.3 Å². The molecule has 0 heterocycles. The van der Waals surface area contributed by atoms with Crippen molar-refractivity contribution in [3.05, 3.63) is 63.4 Å². The molecule has 2 aromatic carbocycles. The molecule has 0 aromatic heterocycles. The maximum atomic E-state index is 12.9. The molecule has 0 saturated carbocycles. The molecule has 0 aliphatic heterocycles. The number of fused-ring (bicyclic) bond motifs is 1. The molecule has 0 spiro atoms. The zero-order chi connectivity index (χ0) is 16.4. The highest BCUT2D eigenvalue weighted by Gasteiger charge is 2.25. The lowest BCUT2D eigenvalue weighted by Crippen LogP contribution is -2.05. The number of oxime groups is 1. The van der Waals surface area contributed by atoms with Gasteiger partial charge in [-0.05, 0) is 54.8 Å². The third kappa shape index (κ3) is 3.12. The standard InChI is InChI=1S/C17H13BrFNO3/c1-22-15-9-7-13(18)12-6-8-14(16(12)15)20-23-17(21)10-2-4-11(19)5-3-10/h2-5,7,9H,6,8H2,1H3/b20-14-. The fourth-order valence-electron chi connectivity index (χ4n) is 2.53. The van der Waals surface area contributed by atoms with Gasteiger partial charge in [-0.25, -0.2) is 9.18 Å². The van der Waals surface area contributed by atoms with Crippen molar-refractivity contribution in [3.8, 4) is 5.75 Å².